The molecule has 0 amide bonds. The molecule has 1 aromatic heterocycles. The largest absolute Gasteiger partial charge is 0.316 e. The molecule has 0 fully saturated rings. The summed E-state index contributed by atoms with van der Waals surface area (Å²) >= 11 is 5.40. The van der Waals surface area contributed by atoms with Crippen molar-refractivity contribution in [3.63, 3.8) is 0 Å². The van der Waals surface area contributed by atoms with Gasteiger partial charge >= 0.3 is 0 Å². The number of thiophene rings is 1. The summed E-state index contributed by atoms with van der Waals surface area (Å²) in [5.41, 5.74) is 0.348. The van der Waals surface area contributed by atoms with E-state index in [0.717, 1.165) is 19.0 Å². The van der Waals surface area contributed by atoms with Crippen LogP contribution < -0.4 is 5.32 Å². The zero-order valence-corrected chi connectivity index (χ0v) is 14.6. The van der Waals surface area contributed by atoms with Crippen LogP contribution >= 0.6 is 27.3 Å². The highest BCUT2D eigenvalue weighted by molar-refractivity contribution is 9.10. The molecular formula is C15H26BrNS. The van der Waals surface area contributed by atoms with E-state index < -0.39 is 0 Å². The van der Waals surface area contributed by atoms with E-state index in [2.05, 4.69) is 67.3 Å². The summed E-state index contributed by atoms with van der Waals surface area (Å²) in [7, 11) is 0. The summed E-state index contributed by atoms with van der Waals surface area (Å²) in [5, 5.41) is 5.79. The maximum absolute atomic E-state index is 3.61. The van der Waals surface area contributed by atoms with E-state index in [1.807, 2.05) is 11.3 Å². The lowest BCUT2D eigenvalue weighted by molar-refractivity contribution is 0.230. The van der Waals surface area contributed by atoms with Crippen LogP contribution in [0.15, 0.2) is 15.9 Å². The summed E-state index contributed by atoms with van der Waals surface area (Å²) in [6, 6.07) is 2.26. The molecule has 3 heteroatoms. The summed E-state index contributed by atoms with van der Waals surface area (Å²) in [4.78, 5) is 1.48. The number of nitrogens with one attached hydrogen (secondary N) is 1. The van der Waals surface area contributed by atoms with Gasteiger partial charge in [-0.05, 0) is 58.8 Å². The van der Waals surface area contributed by atoms with Gasteiger partial charge < -0.3 is 5.32 Å². The molecule has 0 saturated heterocycles. The van der Waals surface area contributed by atoms with Crippen molar-refractivity contribution >= 4 is 27.3 Å². The molecule has 0 saturated carbocycles. The van der Waals surface area contributed by atoms with Crippen LogP contribution in [0.25, 0.3) is 0 Å². The van der Waals surface area contributed by atoms with Gasteiger partial charge in [-0.3, -0.25) is 0 Å². The minimum Gasteiger partial charge on any atom is -0.316 e. The lowest BCUT2D eigenvalue weighted by Crippen LogP contribution is -2.34. The molecule has 1 heterocycles. The molecule has 1 aromatic rings. The van der Waals surface area contributed by atoms with Gasteiger partial charge in [-0.25, -0.2) is 0 Å². The molecule has 1 nitrogen and oxygen atoms in total. The highest BCUT2D eigenvalue weighted by Gasteiger charge is 2.25. The molecular weight excluding hydrogens is 306 g/mol. The van der Waals surface area contributed by atoms with Crippen molar-refractivity contribution in [2.75, 3.05) is 13.1 Å². The van der Waals surface area contributed by atoms with Crippen LogP contribution in [-0.4, -0.2) is 13.1 Å². The van der Waals surface area contributed by atoms with Crippen molar-refractivity contribution < 1.29 is 0 Å². The van der Waals surface area contributed by atoms with Gasteiger partial charge in [0.2, 0.25) is 0 Å². The summed E-state index contributed by atoms with van der Waals surface area (Å²) in [6.45, 7) is 13.8. The first-order valence-electron chi connectivity index (χ1n) is 6.72. The maximum Gasteiger partial charge on any atom is 0.0285 e. The molecule has 0 radical (unpaired) electrons. The molecule has 1 unspecified atom stereocenters. The highest BCUT2D eigenvalue weighted by atomic mass is 79.9. The lowest BCUT2D eigenvalue weighted by atomic mass is 9.78. The standard InChI is InChI=1S/C15H26BrNS/c1-11(2)8-17-9-12(15(3,4)5)6-14-7-13(16)10-18-14/h7,10-12,17H,6,8-9H2,1-5H3. The minimum absolute atomic E-state index is 0.348. The van der Waals surface area contributed by atoms with E-state index in [1.165, 1.54) is 15.8 Å². The van der Waals surface area contributed by atoms with Crippen LogP contribution in [0.3, 0.4) is 0 Å². The lowest BCUT2D eigenvalue weighted by Gasteiger charge is -2.31. The molecule has 0 bridgehead atoms. The van der Waals surface area contributed by atoms with Crippen molar-refractivity contribution in [1.82, 2.24) is 5.32 Å². The second-order valence-corrected chi connectivity index (χ2v) is 8.46. The first-order valence-corrected chi connectivity index (χ1v) is 8.40. The monoisotopic (exact) mass is 331 g/mol. The maximum atomic E-state index is 3.61. The topological polar surface area (TPSA) is 12.0 Å². The molecule has 0 aliphatic rings. The molecule has 1 N–H and O–H groups in total. The van der Waals surface area contributed by atoms with Crippen molar-refractivity contribution in [3.8, 4) is 0 Å². The third-order valence-corrected chi connectivity index (χ3v) is 4.96. The third kappa shape index (κ3) is 5.85. The van der Waals surface area contributed by atoms with Crippen molar-refractivity contribution in [2.24, 2.45) is 17.3 Å². The van der Waals surface area contributed by atoms with E-state index in [4.69, 9.17) is 0 Å². The Hall–Kier alpha value is 0.140. The quantitative estimate of drug-likeness (QED) is 0.776. The SMILES string of the molecule is CC(C)CNCC(Cc1cc(Br)cs1)C(C)(C)C. The zero-order valence-electron chi connectivity index (χ0n) is 12.2. The Kier molecular flexibility index (Phi) is 6.36. The number of hydrogen-bond donors (Lipinski definition) is 1. The first kappa shape index (κ1) is 16.2. The van der Waals surface area contributed by atoms with Gasteiger partial charge in [-0.2, -0.15) is 0 Å². The average molecular weight is 332 g/mol. The fourth-order valence-corrected chi connectivity index (χ4v) is 3.47. The van der Waals surface area contributed by atoms with Crippen LogP contribution in [0.1, 0.15) is 39.5 Å². The van der Waals surface area contributed by atoms with E-state index >= 15 is 0 Å². The Balaban J connectivity index is 2.56. The number of hydrogen-bond acceptors (Lipinski definition) is 2. The van der Waals surface area contributed by atoms with E-state index in [1.54, 1.807) is 0 Å². The molecule has 1 atom stereocenters. The first-order chi connectivity index (χ1) is 8.29. The Morgan fingerprint density at radius 2 is 1.94 bits per heavy atom. The number of rotatable bonds is 6. The van der Waals surface area contributed by atoms with Crippen molar-refractivity contribution in [2.45, 2.75) is 41.0 Å². The van der Waals surface area contributed by atoms with Crippen LogP contribution in [0.2, 0.25) is 0 Å². The van der Waals surface area contributed by atoms with Gasteiger partial charge in [0.15, 0.2) is 0 Å². The van der Waals surface area contributed by atoms with Gasteiger partial charge in [0.25, 0.3) is 0 Å². The third-order valence-electron chi connectivity index (χ3n) is 3.24. The van der Waals surface area contributed by atoms with Gasteiger partial charge in [0, 0.05) is 14.7 Å². The normalized spacial score (nSPS) is 14.2. The van der Waals surface area contributed by atoms with Gasteiger partial charge in [0.05, 0.1) is 0 Å². The van der Waals surface area contributed by atoms with E-state index in [9.17, 15) is 0 Å². The van der Waals surface area contributed by atoms with Crippen LogP contribution in [0, 0.1) is 17.3 Å². The average Bonchev–Trinajstić information content (AvgIpc) is 2.60. The zero-order chi connectivity index (χ0) is 13.8. The van der Waals surface area contributed by atoms with Crippen LogP contribution in [0.4, 0.5) is 0 Å². The van der Waals surface area contributed by atoms with Crippen LogP contribution in [0.5, 0.6) is 0 Å². The van der Waals surface area contributed by atoms with E-state index in [-0.39, 0.29) is 0 Å². The van der Waals surface area contributed by atoms with Crippen molar-refractivity contribution in [1.29, 1.82) is 0 Å². The summed E-state index contributed by atoms with van der Waals surface area (Å²) in [5.74, 6) is 1.41. The second-order valence-electron chi connectivity index (χ2n) is 6.55. The molecule has 0 aromatic carbocycles. The molecule has 0 spiro atoms. The Morgan fingerprint density at radius 1 is 1.28 bits per heavy atom. The van der Waals surface area contributed by atoms with Gasteiger partial charge in [-0.15, -0.1) is 11.3 Å². The van der Waals surface area contributed by atoms with Crippen molar-refractivity contribution in [3.05, 3.63) is 20.8 Å². The van der Waals surface area contributed by atoms with E-state index in [0.29, 0.717) is 11.3 Å². The minimum atomic E-state index is 0.348. The van der Waals surface area contributed by atoms with Gasteiger partial charge in [0.1, 0.15) is 0 Å². The highest BCUT2D eigenvalue weighted by Crippen LogP contribution is 2.31. The Morgan fingerprint density at radius 3 is 2.39 bits per heavy atom. The predicted octanol–water partition coefficient (Wildman–Crippen LogP) is 4.96. The fraction of sp³-hybridized carbons (Fsp3) is 0.733. The molecule has 18 heavy (non-hydrogen) atoms. The molecule has 104 valence electrons. The van der Waals surface area contributed by atoms with Crippen LogP contribution in [-0.2, 0) is 6.42 Å². The van der Waals surface area contributed by atoms with Gasteiger partial charge in [-0.1, -0.05) is 34.6 Å². The molecule has 1 rings (SSSR count). The Labute approximate surface area is 125 Å². The summed E-state index contributed by atoms with van der Waals surface area (Å²) < 4.78 is 1.21. The molecule has 0 aliphatic carbocycles. The smallest absolute Gasteiger partial charge is 0.0285 e. The summed E-state index contributed by atoms with van der Waals surface area (Å²) in [6.07, 6.45) is 1.17. The Bertz CT molecular complexity index is 352. The number of halogens is 1. The molecule has 0 aliphatic heterocycles. The predicted molar refractivity (Wildman–Crippen MR) is 86.4 cm³/mol. The fourth-order valence-electron chi connectivity index (χ4n) is 1.93. The second kappa shape index (κ2) is 7.06.